The van der Waals surface area contributed by atoms with Crippen LogP contribution < -0.4 is 5.32 Å². The maximum absolute atomic E-state index is 11.1. The molecule has 1 fully saturated rings. The topological polar surface area (TPSA) is 64.6 Å². The molecule has 1 aliphatic rings. The predicted octanol–water partition coefficient (Wildman–Crippen LogP) is 1.67. The monoisotopic (exact) mass is 277 g/mol. The first-order valence-electron chi connectivity index (χ1n) is 4.48. The first-order chi connectivity index (χ1) is 7.00. The molecule has 5 nitrogen and oxygen atoms in total. The minimum atomic E-state index is -0.529. The van der Waals surface area contributed by atoms with Crippen LogP contribution in [0, 0.1) is 0 Å². The summed E-state index contributed by atoms with van der Waals surface area (Å²) in [6.45, 7) is 3.32. The number of cyclic esters (lactones) is 1. The van der Waals surface area contributed by atoms with Crippen LogP contribution in [0.15, 0.2) is 10.2 Å². The number of carbonyl (C=O) groups is 2. The van der Waals surface area contributed by atoms with Gasteiger partial charge in [0, 0.05) is 17.8 Å². The van der Waals surface area contributed by atoms with E-state index in [1.54, 1.807) is 6.92 Å². The van der Waals surface area contributed by atoms with Gasteiger partial charge in [-0.1, -0.05) is 15.9 Å². The van der Waals surface area contributed by atoms with Gasteiger partial charge in [0.25, 0.3) is 0 Å². The second-order valence-corrected chi connectivity index (χ2v) is 4.28. The fourth-order valence-electron chi connectivity index (χ4n) is 1.26. The van der Waals surface area contributed by atoms with Crippen LogP contribution in [-0.4, -0.2) is 24.8 Å². The van der Waals surface area contributed by atoms with Crippen LogP contribution in [0.25, 0.3) is 0 Å². The minimum absolute atomic E-state index is 0.230. The van der Waals surface area contributed by atoms with Crippen LogP contribution in [0.5, 0.6) is 0 Å². The number of alkyl carbamates (subject to hydrolysis) is 1. The van der Waals surface area contributed by atoms with Crippen LogP contribution in [0.1, 0.15) is 20.3 Å². The van der Waals surface area contributed by atoms with E-state index < -0.39 is 12.2 Å². The third-order valence-electron chi connectivity index (χ3n) is 1.85. The molecule has 0 aromatic carbocycles. The van der Waals surface area contributed by atoms with Crippen LogP contribution >= 0.6 is 15.9 Å². The minimum Gasteiger partial charge on any atom is -0.456 e. The van der Waals surface area contributed by atoms with E-state index in [4.69, 9.17) is 9.47 Å². The molecule has 1 aliphatic heterocycles. The average molecular weight is 278 g/mol. The molecule has 15 heavy (non-hydrogen) atoms. The molecule has 6 heteroatoms. The summed E-state index contributed by atoms with van der Waals surface area (Å²) in [5.41, 5.74) is 0.535. The number of nitrogens with one attached hydrogen (secondary N) is 1. The van der Waals surface area contributed by atoms with E-state index >= 15 is 0 Å². The lowest BCUT2D eigenvalue weighted by Crippen LogP contribution is -2.29. The summed E-state index contributed by atoms with van der Waals surface area (Å²) in [5.74, 6) is -0.387. The molecule has 1 unspecified atom stereocenters. The fourth-order valence-corrected chi connectivity index (χ4v) is 1.61. The maximum atomic E-state index is 11.1. The lowest BCUT2D eigenvalue weighted by atomic mass is 10.2. The van der Waals surface area contributed by atoms with Crippen molar-refractivity contribution in [1.82, 2.24) is 5.32 Å². The molecule has 1 amide bonds. The zero-order valence-corrected chi connectivity index (χ0v) is 10.1. The van der Waals surface area contributed by atoms with E-state index in [2.05, 4.69) is 21.2 Å². The summed E-state index contributed by atoms with van der Waals surface area (Å²) in [7, 11) is 0. The lowest BCUT2D eigenvalue weighted by molar-refractivity contribution is -0.145. The fraction of sp³-hybridized carbons (Fsp3) is 0.556. The SMILES string of the molecule is CC(=O)OC1CCOC(=O)N/C1=C(\C)Br. The van der Waals surface area contributed by atoms with Crippen LogP contribution in [0.2, 0.25) is 0 Å². The first-order valence-corrected chi connectivity index (χ1v) is 5.27. The average Bonchev–Trinajstić information content (AvgIpc) is 2.27. The van der Waals surface area contributed by atoms with Crippen molar-refractivity contribution >= 4 is 28.0 Å². The zero-order valence-electron chi connectivity index (χ0n) is 8.50. The van der Waals surface area contributed by atoms with Crippen molar-refractivity contribution in [3.05, 3.63) is 10.2 Å². The van der Waals surface area contributed by atoms with Crippen molar-refractivity contribution in [2.24, 2.45) is 0 Å². The molecular weight excluding hydrogens is 266 g/mol. The van der Waals surface area contributed by atoms with Gasteiger partial charge in [0.05, 0.1) is 12.3 Å². The Kier molecular flexibility index (Phi) is 4.14. The molecule has 0 aliphatic carbocycles. The van der Waals surface area contributed by atoms with Gasteiger partial charge in [-0.05, 0) is 6.92 Å². The largest absolute Gasteiger partial charge is 0.456 e. The number of hydrogen-bond donors (Lipinski definition) is 1. The number of ether oxygens (including phenoxy) is 2. The number of hydrogen-bond acceptors (Lipinski definition) is 4. The molecule has 0 aromatic rings. The smallest absolute Gasteiger partial charge is 0.411 e. The van der Waals surface area contributed by atoms with Crippen molar-refractivity contribution in [2.75, 3.05) is 6.61 Å². The first kappa shape index (κ1) is 12.0. The summed E-state index contributed by atoms with van der Waals surface area (Å²) < 4.78 is 10.6. The van der Waals surface area contributed by atoms with E-state index in [0.29, 0.717) is 16.6 Å². The molecule has 0 radical (unpaired) electrons. The molecule has 84 valence electrons. The van der Waals surface area contributed by atoms with Gasteiger partial charge in [-0.15, -0.1) is 0 Å². The van der Waals surface area contributed by atoms with Gasteiger partial charge in [-0.3, -0.25) is 10.1 Å². The number of carbonyl (C=O) groups excluding carboxylic acids is 2. The Morgan fingerprint density at radius 2 is 2.27 bits per heavy atom. The number of halogens is 1. The molecular formula is C9H12BrNO4. The number of esters is 1. The van der Waals surface area contributed by atoms with Crippen LogP contribution in [0.4, 0.5) is 4.79 Å². The Hall–Kier alpha value is -1.04. The van der Waals surface area contributed by atoms with Crippen LogP contribution in [-0.2, 0) is 14.3 Å². The molecule has 1 saturated heterocycles. The van der Waals surface area contributed by atoms with Crippen molar-refractivity contribution in [1.29, 1.82) is 0 Å². The summed E-state index contributed by atoms with van der Waals surface area (Å²) in [6.07, 6.45) is -0.539. The molecule has 0 saturated carbocycles. The van der Waals surface area contributed by atoms with Gasteiger partial charge in [-0.25, -0.2) is 4.79 Å². The second kappa shape index (κ2) is 5.16. The van der Waals surface area contributed by atoms with Gasteiger partial charge >= 0.3 is 12.1 Å². The summed E-state index contributed by atoms with van der Waals surface area (Å²) in [5, 5.41) is 2.53. The van der Waals surface area contributed by atoms with Gasteiger partial charge in [0.15, 0.2) is 0 Å². The Bertz CT molecular complexity index is 309. The highest BCUT2D eigenvalue weighted by molar-refractivity contribution is 9.11. The Balaban J connectivity index is 2.86. The number of amides is 1. The lowest BCUT2D eigenvalue weighted by Gasteiger charge is -2.17. The molecule has 1 N–H and O–H groups in total. The highest BCUT2D eigenvalue weighted by Gasteiger charge is 2.25. The zero-order chi connectivity index (χ0) is 11.4. The van der Waals surface area contributed by atoms with Crippen molar-refractivity contribution in [3.63, 3.8) is 0 Å². The Labute approximate surface area is 95.9 Å². The summed E-state index contributed by atoms with van der Waals surface area (Å²) in [4.78, 5) is 22.0. The maximum Gasteiger partial charge on any atom is 0.411 e. The molecule has 0 spiro atoms. The summed E-state index contributed by atoms with van der Waals surface area (Å²) in [6, 6.07) is 0. The molecule has 0 bridgehead atoms. The van der Waals surface area contributed by atoms with Gasteiger partial charge in [0.2, 0.25) is 0 Å². The van der Waals surface area contributed by atoms with E-state index in [-0.39, 0.29) is 12.6 Å². The van der Waals surface area contributed by atoms with Gasteiger partial charge in [-0.2, -0.15) is 0 Å². The highest BCUT2D eigenvalue weighted by Crippen LogP contribution is 2.19. The quantitative estimate of drug-likeness (QED) is 0.741. The highest BCUT2D eigenvalue weighted by atomic mass is 79.9. The standard InChI is InChI=1S/C9H12BrNO4/c1-5(10)8-7(15-6(2)12)3-4-14-9(13)11-8/h7H,3-4H2,1-2H3,(H,11,13)/b8-5+. The van der Waals surface area contributed by atoms with E-state index in [1.165, 1.54) is 6.92 Å². The van der Waals surface area contributed by atoms with E-state index in [0.717, 1.165) is 0 Å². The molecule has 1 rings (SSSR count). The van der Waals surface area contributed by atoms with Crippen molar-refractivity contribution < 1.29 is 19.1 Å². The van der Waals surface area contributed by atoms with E-state index in [1.807, 2.05) is 0 Å². The molecule has 1 heterocycles. The number of allylic oxidation sites excluding steroid dienone is 1. The van der Waals surface area contributed by atoms with E-state index in [9.17, 15) is 9.59 Å². The third kappa shape index (κ3) is 3.54. The predicted molar refractivity (Wildman–Crippen MR) is 56.3 cm³/mol. The normalized spacial score (nSPS) is 24.7. The Morgan fingerprint density at radius 1 is 1.60 bits per heavy atom. The van der Waals surface area contributed by atoms with Crippen molar-refractivity contribution in [2.45, 2.75) is 26.4 Å². The van der Waals surface area contributed by atoms with Crippen LogP contribution in [0.3, 0.4) is 0 Å². The van der Waals surface area contributed by atoms with Gasteiger partial charge < -0.3 is 9.47 Å². The second-order valence-electron chi connectivity index (χ2n) is 3.09. The van der Waals surface area contributed by atoms with Gasteiger partial charge in [0.1, 0.15) is 6.10 Å². The number of rotatable bonds is 1. The van der Waals surface area contributed by atoms with Crippen molar-refractivity contribution in [3.8, 4) is 0 Å². The molecule has 0 aromatic heterocycles. The Morgan fingerprint density at radius 3 is 2.80 bits per heavy atom. The summed E-state index contributed by atoms with van der Waals surface area (Å²) >= 11 is 3.25. The third-order valence-corrected chi connectivity index (χ3v) is 2.28. The molecule has 1 atom stereocenters.